The Morgan fingerprint density at radius 2 is 2.27 bits per heavy atom. The molecule has 116 valence electrons. The lowest BCUT2D eigenvalue weighted by Crippen LogP contribution is -2.42. The Bertz CT molecular complexity index is 622. The number of tetrazole rings is 1. The first-order valence-corrected chi connectivity index (χ1v) is 7.46. The van der Waals surface area contributed by atoms with Crippen molar-refractivity contribution in [2.45, 2.75) is 38.5 Å². The van der Waals surface area contributed by atoms with Crippen molar-refractivity contribution in [2.75, 3.05) is 6.61 Å². The smallest absolute Gasteiger partial charge is 0.243 e. The highest BCUT2D eigenvalue weighted by molar-refractivity contribution is 5.75. The van der Waals surface area contributed by atoms with Crippen molar-refractivity contribution in [3.8, 4) is 11.4 Å². The van der Waals surface area contributed by atoms with Gasteiger partial charge >= 0.3 is 0 Å². The molecular formula is C15H19N5O2. The third kappa shape index (κ3) is 3.48. The molecule has 1 amide bonds. The van der Waals surface area contributed by atoms with Crippen LogP contribution in [0.4, 0.5) is 0 Å². The van der Waals surface area contributed by atoms with Gasteiger partial charge in [0.1, 0.15) is 6.54 Å². The Hall–Kier alpha value is -2.28. The number of aromatic nitrogens is 4. The van der Waals surface area contributed by atoms with Crippen molar-refractivity contribution in [2.24, 2.45) is 0 Å². The molecular weight excluding hydrogens is 282 g/mol. The number of amides is 1. The molecule has 1 fully saturated rings. The van der Waals surface area contributed by atoms with Gasteiger partial charge in [-0.2, -0.15) is 4.80 Å². The minimum atomic E-state index is -0.139. The van der Waals surface area contributed by atoms with E-state index in [1.165, 1.54) is 4.80 Å². The van der Waals surface area contributed by atoms with E-state index >= 15 is 0 Å². The molecule has 1 aromatic heterocycles. The highest BCUT2D eigenvalue weighted by atomic mass is 16.5. The summed E-state index contributed by atoms with van der Waals surface area (Å²) in [5.41, 5.74) is 0.877. The van der Waals surface area contributed by atoms with Gasteiger partial charge in [-0.15, -0.1) is 10.2 Å². The van der Waals surface area contributed by atoms with Crippen LogP contribution in [0.5, 0.6) is 0 Å². The van der Waals surface area contributed by atoms with Crippen LogP contribution in [0.3, 0.4) is 0 Å². The van der Waals surface area contributed by atoms with E-state index < -0.39 is 0 Å². The number of carbonyl (C=O) groups is 1. The average Bonchev–Trinajstić information content (AvgIpc) is 3.19. The molecule has 22 heavy (non-hydrogen) atoms. The summed E-state index contributed by atoms with van der Waals surface area (Å²) in [6.45, 7) is 2.78. The number of carbonyl (C=O) groups excluding carboxylic acids is 1. The molecule has 1 N–H and O–H groups in total. The highest BCUT2D eigenvalue weighted by Gasteiger charge is 2.23. The second-order valence-corrected chi connectivity index (χ2v) is 5.42. The largest absolute Gasteiger partial charge is 0.376 e. The molecule has 3 rings (SSSR count). The van der Waals surface area contributed by atoms with E-state index in [2.05, 4.69) is 20.7 Å². The maximum Gasteiger partial charge on any atom is 0.243 e. The quantitative estimate of drug-likeness (QED) is 0.891. The summed E-state index contributed by atoms with van der Waals surface area (Å²) in [5.74, 6) is 0.376. The topological polar surface area (TPSA) is 81.9 Å². The van der Waals surface area contributed by atoms with Gasteiger partial charge in [0.25, 0.3) is 0 Å². The van der Waals surface area contributed by atoms with E-state index in [0.29, 0.717) is 5.82 Å². The molecule has 1 aromatic carbocycles. The lowest BCUT2D eigenvalue weighted by Gasteiger charge is -2.19. The normalized spacial score (nSPS) is 19.0. The van der Waals surface area contributed by atoms with Crippen LogP contribution in [0.2, 0.25) is 0 Å². The van der Waals surface area contributed by atoms with Gasteiger partial charge in [0.15, 0.2) is 0 Å². The van der Waals surface area contributed by atoms with Gasteiger partial charge in [0, 0.05) is 12.2 Å². The second kappa shape index (κ2) is 6.65. The summed E-state index contributed by atoms with van der Waals surface area (Å²) >= 11 is 0. The van der Waals surface area contributed by atoms with Crippen molar-refractivity contribution >= 4 is 5.91 Å². The zero-order valence-electron chi connectivity index (χ0n) is 12.5. The monoisotopic (exact) mass is 301 g/mol. The van der Waals surface area contributed by atoms with Crippen LogP contribution in [0.15, 0.2) is 30.3 Å². The number of ether oxygens (including phenoxy) is 1. The number of nitrogens with zero attached hydrogens (tertiary/aromatic N) is 4. The molecule has 1 aliphatic heterocycles. The van der Waals surface area contributed by atoms with Crippen LogP contribution in [0, 0.1) is 0 Å². The van der Waals surface area contributed by atoms with Gasteiger partial charge in [-0.25, -0.2) is 0 Å². The first-order valence-electron chi connectivity index (χ1n) is 7.46. The SMILES string of the molecule is CC(NC(=O)Cn1nnc(-c2ccccc2)n1)C1CCCO1. The molecule has 2 atom stereocenters. The predicted molar refractivity (Wildman–Crippen MR) is 79.8 cm³/mol. The van der Waals surface area contributed by atoms with Crippen molar-refractivity contribution in [3.63, 3.8) is 0 Å². The molecule has 0 spiro atoms. The van der Waals surface area contributed by atoms with Gasteiger partial charge in [0.2, 0.25) is 11.7 Å². The van der Waals surface area contributed by atoms with Gasteiger partial charge in [-0.1, -0.05) is 30.3 Å². The summed E-state index contributed by atoms with van der Waals surface area (Å²) in [5, 5.41) is 15.0. The maximum absolute atomic E-state index is 12.0. The standard InChI is InChI=1S/C15H19N5O2/c1-11(13-8-5-9-22-13)16-14(21)10-20-18-15(17-19-20)12-6-3-2-4-7-12/h2-4,6-7,11,13H,5,8-10H2,1H3,(H,16,21). The predicted octanol–water partition coefficient (Wildman–Crippen LogP) is 1.02. The van der Waals surface area contributed by atoms with Crippen molar-refractivity contribution < 1.29 is 9.53 Å². The molecule has 0 radical (unpaired) electrons. The zero-order valence-corrected chi connectivity index (χ0v) is 12.5. The molecule has 0 bridgehead atoms. The third-order valence-electron chi connectivity index (χ3n) is 3.68. The minimum Gasteiger partial charge on any atom is -0.376 e. The fourth-order valence-corrected chi connectivity index (χ4v) is 2.53. The Balaban J connectivity index is 1.57. The second-order valence-electron chi connectivity index (χ2n) is 5.42. The van der Waals surface area contributed by atoms with Crippen LogP contribution in [-0.2, 0) is 16.1 Å². The van der Waals surface area contributed by atoms with Crippen molar-refractivity contribution in [3.05, 3.63) is 30.3 Å². The summed E-state index contributed by atoms with van der Waals surface area (Å²) in [4.78, 5) is 13.3. The summed E-state index contributed by atoms with van der Waals surface area (Å²) in [7, 11) is 0. The summed E-state index contributed by atoms with van der Waals surface area (Å²) in [6.07, 6.45) is 2.14. The molecule has 0 saturated carbocycles. The average molecular weight is 301 g/mol. The molecule has 1 aliphatic rings. The lowest BCUT2D eigenvalue weighted by atomic mass is 10.1. The third-order valence-corrected chi connectivity index (χ3v) is 3.68. The maximum atomic E-state index is 12.0. The van der Waals surface area contributed by atoms with E-state index in [1.807, 2.05) is 37.3 Å². The molecule has 2 heterocycles. The van der Waals surface area contributed by atoms with Gasteiger partial charge in [-0.05, 0) is 25.0 Å². The molecule has 0 aliphatic carbocycles. The number of benzene rings is 1. The van der Waals surface area contributed by atoms with E-state index in [9.17, 15) is 4.79 Å². The summed E-state index contributed by atoms with van der Waals surface area (Å²) < 4.78 is 5.56. The molecule has 7 nitrogen and oxygen atoms in total. The Morgan fingerprint density at radius 1 is 1.45 bits per heavy atom. The van der Waals surface area contributed by atoms with Gasteiger partial charge < -0.3 is 10.1 Å². The summed E-state index contributed by atoms with van der Waals surface area (Å²) in [6, 6.07) is 9.54. The van der Waals surface area contributed by atoms with E-state index in [-0.39, 0.29) is 24.6 Å². The Morgan fingerprint density at radius 3 is 3.00 bits per heavy atom. The number of hydrogen-bond acceptors (Lipinski definition) is 5. The van der Waals surface area contributed by atoms with Crippen LogP contribution in [0.1, 0.15) is 19.8 Å². The number of hydrogen-bond donors (Lipinski definition) is 1. The fraction of sp³-hybridized carbons (Fsp3) is 0.467. The fourth-order valence-electron chi connectivity index (χ4n) is 2.53. The van der Waals surface area contributed by atoms with E-state index in [1.54, 1.807) is 0 Å². The van der Waals surface area contributed by atoms with Gasteiger partial charge in [-0.3, -0.25) is 4.79 Å². The first-order chi connectivity index (χ1) is 10.7. The molecule has 1 saturated heterocycles. The number of rotatable bonds is 5. The van der Waals surface area contributed by atoms with Crippen molar-refractivity contribution in [1.29, 1.82) is 0 Å². The Kier molecular flexibility index (Phi) is 4.43. The molecule has 2 unspecified atom stereocenters. The van der Waals surface area contributed by atoms with E-state index in [0.717, 1.165) is 25.0 Å². The van der Waals surface area contributed by atoms with Crippen molar-refractivity contribution in [1.82, 2.24) is 25.5 Å². The minimum absolute atomic E-state index is 0.00730. The Labute approximate surface area is 128 Å². The first kappa shape index (κ1) is 14.6. The molecule has 2 aromatic rings. The van der Waals surface area contributed by atoms with Crippen LogP contribution in [-0.4, -0.2) is 44.9 Å². The van der Waals surface area contributed by atoms with Crippen LogP contribution in [0.25, 0.3) is 11.4 Å². The van der Waals surface area contributed by atoms with Gasteiger partial charge in [0.05, 0.1) is 12.1 Å². The number of nitrogens with one attached hydrogen (secondary N) is 1. The molecule has 7 heteroatoms. The van der Waals surface area contributed by atoms with Crippen LogP contribution >= 0.6 is 0 Å². The lowest BCUT2D eigenvalue weighted by molar-refractivity contribution is -0.123. The van der Waals surface area contributed by atoms with Crippen LogP contribution < -0.4 is 5.32 Å². The zero-order chi connectivity index (χ0) is 15.4. The van der Waals surface area contributed by atoms with E-state index in [4.69, 9.17) is 4.74 Å². The highest BCUT2D eigenvalue weighted by Crippen LogP contribution is 2.15.